The van der Waals surface area contributed by atoms with Gasteiger partial charge in [-0.15, -0.1) is 0 Å². The van der Waals surface area contributed by atoms with Gasteiger partial charge in [0.25, 0.3) is 0 Å². The number of ether oxygens (including phenoxy) is 3. The third-order valence-electron chi connectivity index (χ3n) is 9.28. The van der Waals surface area contributed by atoms with E-state index < -0.39 is 41.7 Å². The molecule has 3 aliphatic rings. The summed E-state index contributed by atoms with van der Waals surface area (Å²) in [6.07, 6.45) is 4.16. The monoisotopic (exact) mass is 538 g/mol. The minimum atomic E-state index is -1.08. The van der Waals surface area contributed by atoms with E-state index in [2.05, 4.69) is 13.8 Å². The van der Waals surface area contributed by atoms with Crippen LogP contribution in [0.15, 0.2) is 11.6 Å². The van der Waals surface area contributed by atoms with Crippen LogP contribution in [0.25, 0.3) is 0 Å². The van der Waals surface area contributed by atoms with Gasteiger partial charge in [0.05, 0.1) is 32.3 Å². The number of carbonyl (C=O) groups is 4. The number of carboxylic acids is 2. The smallest absolute Gasteiger partial charge is 0.306 e. The summed E-state index contributed by atoms with van der Waals surface area (Å²) in [5.41, 5.74) is 0.0341. The van der Waals surface area contributed by atoms with Crippen LogP contribution < -0.4 is 0 Å². The Bertz CT molecular complexity index is 929. The molecule has 2 unspecified atom stereocenters. The Hall–Kier alpha value is -2.46. The number of hydrogen-bond donors (Lipinski definition) is 3. The van der Waals surface area contributed by atoms with Crippen LogP contribution >= 0.6 is 0 Å². The van der Waals surface area contributed by atoms with Gasteiger partial charge in [0.15, 0.2) is 6.29 Å². The highest BCUT2D eigenvalue weighted by Crippen LogP contribution is 2.63. The Labute approximate surface area is 223 Å². The standard InChI is InChI=1S/C28H42O10/c1-17-4-7-20-27(2,19(17)6-5-18-13-15-36-26(18)35)14-12-21(38-25(34)11-9-23(31)32)28(20,3)16-37-24(33)10-8-22(29)30/h13,17,19-21,26,35H,4-12,14-16H2,1-3H3,(H,29,30)(H,31,32)/t17?,19-,20-,21-,26?,27+,28-/m1/s1. The predicted octanol–water partition coefficient (Wildman–Crippen LogP) is 3.69. The van der Waals surface area contributed by atoms with Gasteiger partial charge >= 0.3 is 23.9 Å². The zero-order valence-electron chi connectivity index (χ0n) is 22.6. The molecule has 0 aromatic rings. The lowest BCUT2D eigenvalue weighted by Crippen LogP contribution is -2.59. The van der Waals surface area contributed by atoms with Gasteiger partial charge in [-0.25, -0.2) is 0 Å². The van der Waals surface area contributed by atoms with Crippen molar-refractivity contribution in [2.75, 3.05) is 13.2 Å². The van der Waals surface area contributed by atoms with Gasteiger partial charge < -0.3 is 29.5 Å². The molecule has 0 aromatic heterocycles. The molecule has 3 N–H and O–H groups in total. The molecule has 0 aromatic carbocycles. The van der Waals surface area contributed by atoms with Crippen molar-refractivity contribution in [3.63, 3.8) is 0 Å². The van der Waals surface area contributed by atoms with E-state index in [1.807, 2.05) is 13.0 Å². The van der Waals surface area contributed by atoms with Crippen LogP contribution in [0, 0.1) is 28.6 Å². The number of carbonyl (C=O) groups excluding carboxylic acids is 2. The van der Waals surface area contributed by atoms with Crippen LogP contribution in [0.2, 0.25) is 0 Å². The van der Waals surface area contributed by atoms with Gasteiger partial charge in [0.2, 0.25) is 0 Å². The van der Waals surface area contributed by atoms with Crippen molar-refractivity contribution in [2.45, 2.75) is 97.4 Å². The number of rotatable bonds is 12. The molecular weight excluding hydrogens is 496 g/mol. The number of aliphatic carboxylic acids is 2. The zero-order valence-corrected chi connectivity index (χ0v) is 22.6. The first-order valence-corrected chi connectivity index (χ1v) is 13.6. The molecule has 10 heteroatoms. The number of carboxylic acid groups (broad SMARTS) is 2. The number of aliphatic hydroxyl groups is 1. The molecule has 1 heterocycles. The van der Waals surface area contributed by atoms with Crippen molar-refractivity contribution in [3.05, 3.63) is 11.6 Å². The molecule has 2 fully saturated rings. The second-order valence-corrected chi connectivity index (χ2v) is 11.7. The fourth-order valence-electron chi connectivity index (χ4n) is 7.25. The van der Waals surface area contributed by atoms with Crippen molar-refractivity contribution in [1.29, 1.82) is 0 Å². The van der Waals surface area contributed by atoms with E-state index in [4.69, 9.17) is 24.4 Å². The van der Waals surface area contributed by atoms with Gasteiger partial charge in [0, 0.05) is 5.41 Å². The van der Waals surface area contributed by atoms with Gasteiger partial charge in [-0.05, 0) is 60.8 Å². The summed E-state index contributed by atoms with van der Waals surface area (Å²) < 4.78 is 16.7. The molecule has 0 spiro atoms. The van der Waals surface area contributed by atoms with Crippen molar-refractivity contribution in [2.24, 2.45) is 28.6 Å². The third-order valence-corrected chi connectivity index (χ3v) is 9.28. The summed E-state index contributed by atoms with van der Waals surface area (Å²) in [6.45, 7) is 6.89. The number of aliphatic hydroxyl groups excluding tert-OH is 1. The summed E-state index contributed by atoms with van der Waals surface area (Å²) in [7, 11) is 0. The van der Waals surface area contributed by atoms with Crippen LogP contribution in [0.3, 0.4) is 0 Å². The van der Waals surface area contributed by atoms with Crippen LogP contribution in [0.4, 0.5) is 0 Å². The molecule has 0 radical (unpaired) electrons. The normalized spacial score (nSPS) is 34.6. The van der Waals surface area contributed by atoms with E-state index in [-0.39, 0.29) is 43.6 Å². The molecule has 38 heavy (non-hydrogen) atoms. The molecule has 0 bridgehead atoms. The summed E-state index contributed by atoms with van der Waals surface area (Å²) in [6, 6.07) is 0. The zero-order chi connectivity index (χ0) is 28.1. The number of esters is 2. The van der Waals surface area contributed by atoms with Crippen molar-refractivity contribution < 1.29 is 48.7 Å². The van der Waals surface area contributed by atoms with Gasteiger partial charge in [-0.2, -0.15) is 0 Å². The highest BCUT2D eigenvalue weighted by molar-refractivity contribution is 5.77. The van der Waals surface area contributed by atoms with E-state index in [0.29, 0.717) is 24.9 Å². The van der Waals surface area contributed by atoms with Crippen LogP contribution in [-0.4, -0.2) is 64.8 Å². The third kappa shape index (κ3) is 6.94. The maximum Gasteiger partial charge on any atom is 0.306 e. The van der Waals surface area contributed by atoms with Gasteiger partial charge in [0.1, 0.15) is 12.7 Å². The van der Waals surface area contributed by atoms with Gasteiger partial charge in [-0.3, -0.25) is 19.2 Å². The second-order valence-electron chi connectivity index (χ2n) is 11.7. The summed E-state index contributed by atoms with van der Waals surface area (Å²) >= 11 is 0. The quantitative estimate of drug-likeness (QED) is 0.247. The molecule has 0 saturated heterocycles. The molecule has 3 rings (SSSR count). The fourth-order valence-corrected chi connectivity index (χ4v) is 7.25. The average Bonchev–Trinajstić information content (AvgIpc) is 3.26. The van der Waals surface area contributed by atoms with Gasteiger partial charge in [-0.1, -0.05) is 33.3 Å². The minimum absolute atomic E-state index is 0.0125. The SMILES string of the molecule is CC1CC[C@@H]2[C@@](C)(CC[C@@H](OC(=O)CCC(=O)O)[C@]2(C)COC(=O)CCC(=O)O)[C@@H]1CCC1=CCOC1O. The molecule has 214 valence electrons. The summed E-state index contributed by atoms with van der Waals surface area (Å²) in [4.78, 5) is 46.8. The van der Waals surface area contributed by atoms with Crippen molar-refractivity contribution in [3.8, 4) is 0 Å². The van der Waals surface area contributed by atoms with E-state index in [9.17, 15) is 24.3 Å². The molecule has 0 amide bonds. The van der Waals surface area contributed by atoms with E-state index in [1.165, 1.54) is 0 Å². The predicted molar refractivity (Wildman–Crippen MR) is 135 cm³/mol. The Balaban J connectivity index is 1.82. The van der Waals surface area contributed by atoms with E-state index >= 15 is 0 Å². The maximum absolute atomic E-state index is 12.6. The van der Waals surface area contributed by atoms with Crippen LogP contribution in [-0.2, 0) is 33.4 Å². The fraction of sp³-hybridized carbons (Fsp3) is 0.786. The van der Waals surface area contributed by atoms with Crippen molar-refractivity contribution >= 4 is 23.9 Å². The lowest BCUT2D eigenvalue weighted by molar-refractivity contribution is -0.202. The molecular formula is C28H42O10. The first-order valence-electron chi connectivity index (χ1n) is 13.6. The first-order chi connectivity index (χ1) is 17.9. The van der Waals surface area contributed by atoms with Crippen LogP contribution in [0.5, 0.6) is 0 Å². The van der Waals surface area contributed by atoms with E-state index in [1.54, 1.807) is 0 Å². The first kappa shape index (κ1) is 30.1. The Kier molecular flexibility index (Phi) is 9.97. The molecule has 2 aliphatic carbocycles. The Morgan fingerprint density at radius 1 is 1.00 bits per heavy atom. The second kappa shape index (κ2) is 12.6. The Morgan fingerprint density at radius 2 is 1.66 bits per heavy atom. The largest absolute Gasteiger partial charge is 0.481 e. The molecule has 10 nitrogen and oxygen atoms in total. The highest BCUT2D eigenvalue weighted by atomic mass is 16.6. The summed E-state index contributed by atoms with van der Waals surface area (Å²) in [5, 5.41) is 28.0. The van der Waals surface area contributed by atoms with Crippen LogP contribution in [0.1, 0.15) is 85.0 Å². The van der Waals surface area contributed by atoms with E-state index in [0.717, 1.165) is 37.7 Å². The van der Waals surface area contributed by atoms with Crippen molar-refractivity contribution in [1.82, 2.24) is 0 Å². The highest BCUT2D eigenvalue weighted by Gasteiger charge is 2.60. The maximum atomic E-state index is 12.6. The molecule has 2 saturated carbocycles. The summed E-state index contributed by atoms with van der Waals surface area (Å²) in [5.74, 6) is -2.56. The molecule has 1 aliphatic heterocycles. The Morgan fingerprint density at radius 3 is 2.26 bits per heavy atom. The average molecular weight is 539 g/mol. The topological polar surface area (TPSA) is 157 Å². The molecule has 7 atom stereocenters. The lowest BCUT2D eigenvalue weighted by atomic mass is 9.45. The number of hydrogen-bond acceptors (Lipinski definition) is 8. The minimum Gasteiger partial charge on any atom is -0.481 e. The lowest BCUT2D eigenvalue weighted by Gasteiger charge is -2.61. The number of fused-ring (bicyclic) bond motifs is 1.